The first-order chi connectivity index (χ1) is 7.83. The molecule has 0 spiro atoms. The normalized spacial score (nSPS) is 21.8. The average molecular weight is 224 g/mol. The van der Waals surface area contributed by atoms with E-state index < -0.39 is 0 Å². The lowest BCUT2D eigenvalue weighted by Gasteiger charge is -2.15. The molecule has 2 rings (SSSR count). The Labute approximate surface area is 96.1 Å². The Kier molecular flexibility index (Phi) is 3.90. The van der Waals surface area contributed by atoms with Gasteiger partial charge in [-0.3, -0.25) is 4.90 Å². The van der Waals surface area contributed by atoms with Gasteiger partial charge in [-0.25, -0.2) is 9.67 Å². The quantitative estimate of drug-likeness (QED) is 0.791. The van der Waals surface area contributed by atoms with Crippen molar-refractivity contribution in [2.75, 3.05) is 19.7 Å². The van der Waals surface area contributed by atoms with Gasteiger partial charge in [-0.15, -0.1) is 0 Å². The molecule has 16 heavy (non-hydrogen) atoms. The second kappa shape index (κ2) is 5.41. The van der Waals surface area contributed by atoms with Gasteiger partial charge in [0.1, 0.15) is 12.2 Å². The number of hydrogen-bond acceptors (Lipinski definition) is 4. The second-order valence-electron chi connectivity index (χ2n) is 4.39. The zero-order chi connectivity index (χ0) is 11.4. The Balaban J connectivity index is 1.87. The molecule has 1 aromatic rings. The van der Waals surface area contributed by atoms with Gasteiger partial charge in [0, 0.05) is 19.7 Å². The van der Waals surface area contributed by atoms with Crippen LogP contribution in [0.4, 0.5) is 0 Å². The fraction of sp³-hybridized carbons (Fsp3) is 0.818. The van der Waals surface area contributed by atoms with Gasteiger partial charge >= 0.3 is 0 Å². The number of aliphatic hydroxyl groups is 1. The number of aliphatic hydroxyl groups excluding tert-OH is 1. The standard InChI is InChI=1S/C11H20N4O/c1-2-15-11(12-9-13-15)8-14-5-3-10(7-14)4-6-16/h9-10,16H,2-8H2,1H3. The van der Waals surface area contributed by atoms with Crippen molar-refractivity contribution in [1.29, 1.82) is 0 Å². The Bertz CT molecular complexity index is 326. The van der Waals surface area contributed by atoms with E-state index in [1.807, 2.05) is 4.68 Å². The smallest absolute Gasteiger partial charge is 0.140 e. The van der Waals surface area contributed by atoms with Crippen LogP contribution >= 0.6 is 0 Å². The third-order valence-electron chi connectivity index (χ3n) is 3.27. The Hall–Kier alpha value is -0.940. The Morgan fingerprint density at radius 3 is 3.19 bits per heavy atom. The van der Waals surface area contributed by atoms with Crippen LogP contribution in [0.1, 0.15) is 25.6 Å². The molecule has 1 aliphatic heterocycles. The van der Waals surface area contributed by atoms with Gasteiger partial charge in [0.25, 0.3) is 0 Å². The van der Waals surface area contributed by atoms with Crippen molar-refractivity contribution in [3.05, 3.63) is 12.2 Å². The second-order valence-corrected chi connectivity index (χ2v) is 4.39. The summed E-state index contributed by atoms with van der Waals surface area (Å²) in [6.07, 6.45) is 3.75. The summed E-state index contributed by atoms with van der Waals surface area (Å²) in [6.45, 7) is 6.35. The number of aromatic nitrogens is 3. The van der Waals surface area contributed by atoms with Gasteiger partial charge in [0.05, 0.1) is 6.54 Å². The predicted molar refractivity (Wildman–Crippen MR) is 60.8 cm³/mol. The molecule has 2 heterocycles. The van der Waals surface area contributed by atoms with Gasteiger partial charge in [-0.1, -0.05) is 0 Å². The molecule has 5 heteroatoms. The maximum Gasteiger partial charge on any atom is 0.140 e. The minimum Gasteiger partial charge on any atom is -0.396 e. The van der Waals surface area contributed by atoms with Gasteiger partial charge in [-0.2, -0.15) is 5.10 Å². The van der Waals surface area contributed by atoms with Gasteiger partial charge in [0.2, 0.25) is 0 Å². The highest BCUT2D eigenvalue weighted by atomic mass is 16.3. The van der Waals surface area contributed by atoms with E-state index in [2.05, 4.69) is 21.9 Å². The van der Waals surface area contributed by atoms with Crippen LogP contribution in [0.5, 0.6) is 0 Å². The summed E-state index contributed by atoms with van der Waals surface area (Å²) in [5, 5.41) is 13.1. The molecule has 1 saturated heterocycles. The van der Waals surface area contributed by atoms with Crippen LogP contribution in [0.2, 0.25) is 0 Å². The molecular weight excluding hydrogens is 204 g/mol. The Morgan fingerprint density at radius 2 is 2.44 bits per heavy atom. The van der Waals surface area contributed by atoms with E-state index >= 15 is 0 Å². The van der Waals surface area contributed by atoms with Gasteiger partial charge in [0.15, 0.2) is 0 Å². The summed E-state index contributed by atoms with van der Waals surface area (Å²) in [5.74, 6) is 1.70. The highest BCUT2D eigenvalue weighted by molar-refractivity contribution is 4.87. The van der Waals surface area contributed by atoms with Crippen molar-refractivity contribution in [2.45, 2.75) is 32.9 Å². The van der Waals surface area contributed by atoms with Gasteiger partial charge in [-0.05, 0) is 32.2 Å². The predicted octanol–water partition coefficient (Wildman–Crippen LogP) is 0.502. The first kappa shape index (κ1) is 11.5. The molecule has 0 amide bonds. The third-order valence-corrected chi connectivity index (χ3v) is 3.27. The summed E-state index contributed by atoms with van der Waals surface area (Å²) in [6, 6.07) is 0. The molecule has 1 fully saturated rings. The lowest BCUT2D eigenvalue weighted by atomic mass is 10.1. The molecule has 1 N–H and O–H groups in total. The summed E-state index contributed by atoms with van der Waals surface area (Å²) in [7, 11) is 0. The molecule has 1 aliphatic rings. The third kappa shape index (κ3) is 2.59. The zero-order valence-electron chi connectivity index (χ0n) is 9.84. The van der Waals surface area contributed by atoms with Crippen LogP contribution in [-0.2, 0) is 13.1 Å². The first-order valence-corrected chi connectivity index (χ1v) is 6.03. The molecule has 0 aliphatic carbocycles. The van der Waals surface area contributed by atoms with E-state index in [0.29, 0.717) is 12.5 Å². The fourth-order valence-electron chi connectivity index (χ4n) is 2.35. The van der Waals surface area contributed by atoms with Crippen LogP contribution in [0, 0.1) is 5.92 Å². The summed E-state index contributed by atoms with van der Waals surface area (Å²) in [5.41, 5.74) is 0. The molecule has 0 bridgehead atoms. The molecule has 5 nitrogen and oxygen atoms in total. The average Bonchev–Trinajstić information content (AvgIpc) is 2.89. The zero-order valence-corrected chi connectivity index (χ0v) is 9.84. The molecule has 1 aromatic heterocycles. The largest absolute Gasteiger partial charge is 0.396 e. The minimum absolute atomic E-state index is 0.309. The van der Waals surface area contributed by atoms with Gasteiger partial charge < -0.3 is 5.11 Å². The fourth-order valence-corrected chi connectivity index (χ4v) is 2.35. The van der Waals surface area contributed by atoms with Crippen LogP contribution in [0.25, 0.3) is 0 Å². The highest BCUT2D eigenvalue weighted by Gasteiger charge is 2.22. The van der Waals surface area contributed by atoms with E-state index in [-0.39, 0.29) is 0 Å². The summed E-state index contributed by atoms with van der Waals surface area (Å²) >= 11 is 0. The summed E-state index contributed by atoms with van der Waals surface area (Å²) < 4.78 is 1.94. The van der Waals surface area contributed by atoms with Crippen molar-refractivity contribution in [2.24, 2.45) is 5.92 Å². The first-order valence-electron chi connectivity index (χ1n) is 6.03. The number of nitrogens with zero attached hydrogens (tertiary/aromatic N) is 4. The molecule has 1 unspecified atom stereocenters. The number of rotatable bonds is 5. The van der Waals surface area contributed by atoms with E-state index in [1.54, 1.807) is 6.33 Å². The van der Waals surface area contributed by atoms with Crippen molar-refractivity contribution in [1.82, 2.24) is 19.7 Å². The van der Waals surface area contributed by atoms with Crippen molar-refractivity contribution < 1.29 is 5.11 Å². The lowest BCUT2D eigenvalue weighted by molar-refractivity contribution is 0.247. The van der Waals surface area contributed by atoms with Crippen molar-refractivity contribution >= 4 is 0 Å². The van der Waals surface area contributed by atoms with E-state index in [4.69, 9.17) is 5.11 Å². The van der Waals surface area contributed by atoms with Crippen LogP contribution in [0.15, 0.2) is 6.33 Å². The van der Waals surface area contributed by atoms with E-state index in [1.165, 1.54) is 6.42 Å². The maximum absolute atomic E-state index is 8.91. The molecule has 1 atom stereocenters. The SMILES string of the molecule is CCn1ncnc1CN1CCC(CCO)C1. The number of likely N-dealkylation sites (tertiary alicyclic amines) is 1. The van der Waals surface area contributed by atoms with Crippen molar-refractivity contribution in [3.63, 3.8) is 0 Å². The molecule has 0 radical (unpaired) electrons. The molecule has 0 saturated carbocycles. The summed E-state index contributed by atoms with van der Waals surface area (Å²) in [4.78, 5) is 6.68. The highest BCUT2D eigenvalue weighted by Crippen LogP contribution is 2.20. The van der Waals surface area contributed by atoms with Crippen molar-refractivity contribution in [3.8, 4) is 0 Å². The molecular formula is C11H20N4O. The topological polar surface area (TPSA) is 54.2 Å². The minimum atomic E-state index is 0.309. The Morgan fingerprint density at radius 1 is 1.56 bits per heavy atom. The lowest BCUT2D eigenvalue weighted by Crippen LogP contribution is -2.23. The molecule has 0 aromatic carbocycles. The number of aryl methyl sites for hydroxylation is 1. The monoisotopic (exact) mass is 224 g/mol. The van der Waals surface area contributed by atoms with Crippen LogP contribution in [0.3, 0.4) is 0 Å². The maximum atomic E-state index is 8.91. The number of hydrogen-bond donors (Lipinski definition) is 1. The van der Waals surface area contributed by atoms with Crippen LogP contribution < -0.4 is 0 Å². The van der Waals surface area contributed by atoms with E-state index in [9.17, 15) is 0 Å². The van der Waals surface area contributed by atoms with E-state index in [0.717, 1.165) is 38.4 Å². The molecule has 90 valence electrons. The van der Waals surface area contributed by atoms with Crippen LogP contribution in [-0.4, -0.2) is 44.5 Å².